The molecule has 0 spiro atoms. The monoisotopic (exact) mass is 286 g/mol. The summed E-state index contributed by atoms with van der Waals surface area (Å²) in [6, 6.07) is 8.32. The van der Waals surface area contributed by atoms with Gasteiger partial charge in [-0.2, -0.15) is 0 Å². The van der Waals surface area contributed by atoms with Crippen molar-refractivity contribution in [2.45, 2.75) is 9.79 Å². The Balaban J connectivity index is 2.70. The minimum absolute atomic E-state index is 0.0293. The molecule has 0 amide bonds. The van der Waals surface area contributed by atoms with Gasteiger partial charge < -0.3 is 0 Å². The Kier molecular flexibility index (Phi) is 2.90. The molecule has 0 unspecified atom stereocenters. The van der Waals surface area contributed by atoms with E-state index in [2.05, 4.69) is 0 Å². The second-order valence-corrected chi connectivity index (χ2v) is 6.88. The van der Waals surface area contributed by atoms with E-state index >= 15 is 0 Å². The van der Waals surface area contributed by atoms with Crippen molar-refractivity contribution in [3.05, 3.63) is 36.4 Å². The minimum atomic E-state index is -3.78. The fraction of sp³-hybridized carbons (Fsp3) is 0. The summed E-state index contributed by atoms with van der Waals surface area (Å²) in [4.78, 5) is -0.0586. The molecule has 0 radical (unpaired) electrons. The van der Waals surface area contributed by atoms with Gasteiger partial charge >= 0.3 is 0 Å². The molecule has 8 heteroatoms. The Hall–Kier alpha value is -1.48. The molecule has 0 aliphatic rings. The van der Waals surface area contributed by atoms with E-state index in [1.165, 1.54) is 36.4 Å². The van der Waals surface area contributed by atoms with Crippen molar-refractivity contribution in [1.82, 2.24) is 0 Å². The number of hydrogen-bond donors (Lipinski definition) is 2. The van der Waals surface area contributed by atoms with Crippen LogP contribution in [-0.2, 0) is 20.0 Å². The Morgan fingerprint density at radius 2 is 1.00 bits per heavy atom. The lowest BCUT2D eigenvalue weighted by molar-refractivity contribution is 0.596. The first-order valence-electron chi connectivity index (χ1n) is 4.77. The summed E-state index contributed by atoms with van der Waals surface area (Å²) in [7, 11) is -7.55. The molecule has 0 aliphatic carbocycles. The molecule has 0 bridgehead atoms. The molecule has 0 fully saturated rings. The van der Waals surface area contributed by atoms with Crippen molar-refractivity contribution < 1.29 is 16.8 Å². The van der Waals surface area contributed by atoms with Gasteiger partial charge in [0.05, 0.1) is 9.79 Å². The molecule has 0 saturated carbocycles. The third kappa shape index (κ3) is 2.51. The molecule has 0 atom stereocenters. The zero-order valence-corrected chi connectivity index (χ0v) is 10.7. The number of rotatable bonds is 2. The number of fused-ring (bicyclic) bond motifs is 1. The smallest absolute Gasteiger partial charge is 0.225 e. The third-order valence-corrected chi connectivity index (χ3v) is 4.26. The summed E-state index contributed by atoms with van der Waals surface area (Å²) in [5.74, 6) is 0. The SMILES string of the molecule is NS(=O)(=O)c1ccc2cc(S(N)(=O)=O)ccc2c1. The van der Waals surface area contributed by atoms with Crippen LogP contribution < -0.4 is 10.3 Å². The molecule has 18 heavy (non-hydrogen) atoms. The first-order chi connectivity index (χ1) is 8.18. The number of hydrogen-bond acceptors (Lipinski definition) is 4. The van der Waals surface area contributed by atoms with Crippen LogP contribution in [0.25, 0.3) is 10.8 Å². The van der Waals surface area contributed by atoms with E-state index in [1.807, 2.05) is 0 Å². The Bertz CT molecular complexity index is 755. The van der Waals surface area contributed by atoms with Crippen molar-refractivity contribution in [3.8, 4) is 0 Å². The number of benzene rings is 2. The topological polar surface area (TPSA) is 120 Å². The highest BCUT2D eigenvalue weighted by Crippen LogP contribution is 2.21. The maximum absolute atomic E-state index is 11.2. The van der Waals surface area contributed by atoms with Crippen LogP contribution in [0.3, 0.4) is 0 Å². The summed E-state index contributed by atoms with van der Waals surface area (Å²) in [5.41, 5.74) is 0. The van der Waals surface area contributed by atoms with E-state index in [-0.39, 0.29) is 9.79 Å². The molecule has 0 aliphatic heterocycles. The maximum atomic E-state index is 11.2. The lowest BCUT2D eigenvalue weighted by Gasteiger charge is -2.04. The zero-order chi connectivity index (χ0) is 13.6. The second kappa shape index (κ2) is 4.02. The van der Waals surface area contributed by atoms with Crippen molar-refractivity contribution in [2.75, 3.05) is 0 Å². The molecular formula is C10H10N2O4S2. The Morgan fingerprint density at radius 3 is 1.28 bits per heavy atom. The van der Waals surface area contributed by atoms with Gasteiger partial charge in [0.25, 0.3) is 0 Å². The zero-order valence-electron chi connectivity index (χ0n) is 9.07. The lowest BCUT2D eigenvalue weighted by Crippen LogP contribution is -2.12. The van der Waals surface area contributed by atoms with Crippen LogP contribution >= 0.6 is 0 Å². The van der Waals surface area contributed by atoms with Crippen LogP contribution in [0.5, 0.6) is 0 Å². The van der Waals surface area contributed by atoms with E-state index in [4.69, 9.17) is 10.3 Å². The van der Waals surface area contributed by atoms with E-state index in [0.717, 1.165) is 0 Å². The summed E-state index contributed by atoms with van der Waals surface area (Å²) in [6.07, 6.45) is 0. The quantitative estimate of drug-likeness (QED) is 0.815. The van der Waals surface area contributed by atoms with Crippen molar-refractivity contribution >= 4 is 30.8 Å². The highest BCUT2D eigenvalue weighted by molar-refractivity contribution is 7.89. The number of primary sulfonamides is 2. The van der Waals surface area contributed by atoms with Gasteiger partial charge in [-0.3, -0.25) is 0 Å². The molecule has 0 aromatic heterocycles. The molecule has 2 aromatic carbocycles. The summed E-state index contributed by atoms with van der Waals surface area (Å²) >= 11 is 0. The molecular weight excluding hydrogens is 276 g/mol. The van der Waals surface area contributed by atoms with Crippen LogP contribution in [0.1, 0.15) is 0 Å². The largest absolute Gasteiger partial charge is 0.238 e. The highest BCUT2D eigenvalue weighted by Gasteiger charge is 2.11. The summed E-state index contributed by atoms with van der Waals surface area (Å²) in [6.45, 7) is 0. The fourth-order valence-electron chi connectivity index (χ4n) is 1.56. The molecule has 0 saturated heterocycles. The Morgan fingerprint density at radius 1 is 0.667 bits per heavy atom. The normalized spacial score (nSPS) is 12.8. The lowest BCUT2D eigenvalue weighted by atomic mass is 10.1. The second-order valence-electron chi connectivity index (χ2n) is 3.76. The van der Waals surface area contributed by atoms with Gasteiger partial charge in [-0.05, 0) is 35.0 Å². The van der Waals surface area contributed by atoms with Gasteiger partial charge in [-0.25, -0.2) is 27.1 Å². The predicted octanol–water partition coefficient (Wildman–Crippen LogP) is 0.135. The van der Waals surface area contributed by atoms with Crippen molar-refractivity contribution in [3.63, 3.8) is 0 Å². The van der Waals surface area contributed by atoms with Gasteiger partial charge in [0, 0.05) is 0 Å². The fourth-order valence-corrected chi connectivity index (χ4v) is 2.65. The molecule has 2 aromatic rings. The standard InChI is InChI=1S/C10H10N2O4S2/c11-17(13,14)9-3-1-7-5-10(18(12,15)16)4-2-8(7)6-9/h1-6H,(H2,11,13,14)(H2,12,15,16). The maximum Gasteiger partial charge on any atom is 0.238 e. The van der Waals surface area contributed by atoms with Gasteiger partial charge in [0.15, 0.2) is 0 Å². The Labute approximate surface area is 104 Å². The predicted molar refractivity (Wildman–Crippen MR) is 66.7 cm³/mol. The summed E-state index contributed by atoms with van der Waals surface area (Å²) < 4.78 is 44.7. The van der Waals surface area contributed by atoms with Gasteiger partial charge in [0.2, 0.25) is 20.0 Å². The van der Waals surface area contributed by atoms with Gasteiger partial charge in [-0.15, -0.1) is 0 Å². The van der Waals surface area contributed by atoms with E-state index in [0.29, 0.717) is 10.8 Å². The van der Waals surface area contributed by atoms with Crippen molar-refractivity contribution in [1.29, 1.82) is 0 Å². The van der Waals surface area contributed by atoms with Crippen molar-refractivity contribution in [2.24, 2.45) is 10.3 Å². The molecule has 6 nitrogen and oxygen atoms in total. The molecule has 4 N–H and O–H groups in total. The van der Waals surface area contributed by atoms with Crippen LogP contribution in [0, 0.1) is 0 Å². The van der Waals surface area contributed by atoms with Crippen LogP contribution in [0.4, 0.5) is 0 Å². The summed E-state index contributed by atoms with van der Waals surface area (Å²) in [5, 5.41) is 11.1. The third-order valence-electron chi connectivity index (χ3n) is 2.44. The van der Waals surface area contributed by atoms with E-state index in [9.17, 15) is 16.8 Å². The van der Waals surface area contributed by atoms with Gasteiger partial charge in [0.1, 0.15) is 0 Å². The van der Waals surface area contributed by atoms with E-state index < -0.39 is 20.0 Å². The number of nitrogens with two attached hydrogens (primary N) is 2. The number of sulfonamides is 2. The molecule has 2 rings (SSSR count). The van der Waals surface area contributed by atoms with Crippen LogP contribution in [0.15, 0.2) is 46.2 Å². The van der Waals surface area contributed by atoms with Crippen LogP contribution in [-0.4, -0.2) is 16.8 Å². The first kappa shape index (κ1) is 13.0. The van der Waals surface area contributed by atoms with Crippen LogP contribution in [0.2, 0.25) is 0 Å². The first-order valence-corrected chi connectivity index (χ1v) is 7.87. The minimum Gasteiger partial charge on any atom is -0.225 e. The molecule has 0 heterocycles. The van der Waals surface area contributed by atoms with Gasteiger partial charge in [-0.1, -0.05) is 12.1 Å². The highest BCUT2D eigenvalue weighted by atomic mass is 32.2. The average Bonchev–Trinajstić information content (AvgIpc) is 2.25. The average molecular weight is 286 g/mol. The molecule has 96 valence electrons. The van der Waals surface area contributed by atoms with E-state index in [1.54, 1.807) is 0 Å².